The van der Waals surface area contributed by atoms with Gasteiger partial charge in [0, 0.05) is 6.20 Å². The Morgan fingerprint density at radius 2 is 1.87 bits per heavy atom. The van der Waals surface area contributed by atoms with E-state index in [0.717, 1.165) is 0 Å². The average molecular weight is 492 g/mol. The number of nitrogen functional groups attached to an aromatic ring is 1. The van der Waals surface area contributed by atoms with Crippen LogP contribution in [0.3, 0.4) is 0 Å². The molecular formula is C10H15N4O13P3. The highest BCUT2D eigenvalue weighted by molar-refractivity contribution is 7.66. The molecule has 168 valence electrons. The summed E-state index contributed by atoms with van der Waals surface area (Å²) in [7, 11) is -16.7. The molecule has 2 aromatic rings. The van der Waals surface area contributed by atoms with E-state index in [9.17, 15) is 28.5 Å². The minimum atomic E-state index is -5.71. The van der Waals surface area contributed by atoms with Crippen molar-refractivity contribution in [2.24, 2.45) is 0 Å². The lowest BCUT2D eigenvalue weighted by atomic mass is 10.2. The standard InChI is InChI=1S/C10H15N4O13P3/c11-10-12-7-4(8(16)13-10)1-2-14(7)9-6(15)5(3-24-9)25-29(20,21)27-30(22,23)26-28(17,18)19/h1-2,5-6,9,15H,3H2,(H,20,21)(H,22,23)(H2,17,18,19)(H3,11,12,13,16)/t5-,6+,9+/m0/s1. The van der Waals surface area contributed by atoms with Gasteiger partial charge in [-0.2, -0.15) is 13.6 Å². The summed E-state index contributed by atoms with van der Waals surface area (Å²) in [6.45, 7) is -0.521. The number of aromatic nitrogens is 3. The van der Waals surface area contributed by atoms with Crippen molar-refractivity contribution < 1.29 is 56.3 Å². The molecule has 30 heavy (non-hydrogen) atoms. The van der Waals surface area contributed by atoms with Crippen molar-refractivity contribution in [3.63, 3.8) is 0 Å². The van der Waals surface area contributed by atoms with Crippen molar-refractivity contribution in [1.82, 2.24) is 14.5 Å². The van der Waals surface area contributed by atoms with Crippen molar-refractivity contribution in [3.8, 4) is 0 Å². The van der Waals surface area contributed by atoms with Gasteiger partial charge in [-0.1, -0.05) is 0 Å². The van der Waals surface area contributed by atoms with Crippen LogP contribution in [0.2, 0.25) is 0 Å². The molecule has 3 rings (SSSR count). The molecule has 2 unspecified atom stereocenters. The van der Waals surface area contributed by atoms with Crippen LogP contribution in [0.15, 0.2) is 17.1 Å². The predicted octanol–water partition coefficient (Wildman–Crippen LogP) is -1.09. The zero-order valence-electron chi connectivity index (χ0n) is 14.4. The van der Waals surface area contributed by atoms with Gasteiger partial charge in [-0.3, -0.25) is 14.3 Å². The summed E-state index contributed by atoms with van der Waals surface area (Å²) in [4.78, 5) is 53.8. The van der Waals surface area contributed by atoms with Crippen molar-refractivity contribution in [2.45, 2.75) is 18.4 Å². The largest absolute Gasteiger partial charge is 0.490 e. The maximum absolute atomic E-state index is 11.9. The molecule has 2 aromatic heterocycles. The van der Waals surface area contributed by atoms with E-state index in [2.05, 4.69) is 23.1 Å². The summed E-state index contributed by atoms with van der Waals surface area (Å²) >= 11 is 0. The molecule has 3 heterocycles. The summed E-state index contributed by atoms with van der Waals surface area (Å²) in [5, 5.41) is 10.5. The molecule has 0 aromatic carbocycles. The Bertz CT molecular complexity index is 1160. The Morgan fingerprint density at radius 3 is 2.50 bits per heavy atom. The van der Waals surface area contributed by atoms with E-state index in [1.807, 2.05) is 0 Å². The first-order chi connectivity index (χ1) is 13.7. The Morgan fingerprint density at radius 1 is 1.20 bits per heavy atom. The van der Waals surface area contributed by atoms with Gasteiger partial charge in [0.1, 0.15) is 12.2 Å². The molecule has 0 amide bonds. The number of hydrogen-bond donors (Lipinski definition) is 7. The van der Waals surface area contributed by atoms with Gasteiger partial charge in [-0.15, -0.1) is 0 Å². The first kappa shape index (κ1) is 23.2. The maximum Gasteiger partial charge on any atom is 0.490 e. The van der Waals surface area contributed by atoms with Crippen LogP contribution in [-0.4, -0.2) is 58.0 Å². The highest BCUT2D eigenvalue weighted by Crippen LogP contribution is 2.66. The number of nitrogens with two attached hydrogens (primary N) is 1. The molecular weight excluding hydrogens is 477 g/mol. The number of aliphatic hydroxyl groups is 1. The second kappa shape index (κ2) is 7.91. The maximum atomic E-state index is 11.9. The fraction of sp³-hybridized carbons (Fsp3) is 0.400. The second-order valence-electron chi connectivity index (χ2n) is 5.86. The monoisotopic (exact) mass is 492 g/mol. The number of H-pyrrole nitrogens is 1. The van der Waals surface area contributed by atoms with E-state index in [1.54, 1.807) is 0 Å². The molecule has 20 heteroatoms. The fourth-order valence-corrected chi connectivity index (χ4v) is 5.83. The molecule has 17 nitrogen and oxygen atoms in total. The predicted molar refractivity (Wildman–Crippen MR) is 94.5 cm³/mol. The molecule has 8 N–H and O–H groups in total. The second-order valence-corrected chi connectivity index (χ2v) is 10.2. The topological polar surface area (TPSA) is 266 Å². The molecule has 0 aliphatic carbocycles. The van der Waals surface area contributed by atoms with E-state index in [1.165, 1.54) is 16.8 Å². The molecule has 1 aliphatic heterocycles. The highest BCUT2D eigenvalue weighted by atomic mass is 31.3. The Balaban J connectivity index is 1.77. The van der Waals surface area contributed by atoms with E-state index in [0.29, 0.717) is 0 Å². The van der Waals surface area contributed by atoms with E-state index >= 15 is 0 Å². The van der Waals surface area contributed by atoms with Gasteiger partial charge in [0.15, 0.2) is 11.9 Å². The lowest BCUT2D eigenvalue weighted by Crippen LogP contribution is -2.30. The first-order valence-corrected chi connectivity index (χ1v) is 12.2. The third kappa shape index (κ3) is 5.23. The number of anilines is 1. The highest BCUT2D eigenvalue weighted by Gasteiger charge is 2.46. The fourth-order valence-electron chi connectivity index (χ4n) is 2.65. The first-order valence-electron chi connectivity index (χ1n) is 7.66. The van der Waals surface area contributed by atoms with Crippen LogP contribution >= 0.6 is 23.5 Å². The number of nitrogens with zero attached hydrogens (tertiary/aromatic N) is 2. The van der Waals surface area contributed by atoms with Gasteiger partial charge in [-0.25, -0.2) is 13.7 Å². The molecule has 0 bridgehead atoms. The number of aliphatic hydroxyl groups excluding tert-OH is 1. The summed E-state index contributed by atoms with van der Waals surface area (Å²) < 4.78 is 52.2. The van der Waals surface area contributed by atoms with Crippen LogP contribution in [0.5, 0.6) is 0 Å². The summed E-state index contributed by atoms with van der Waals surface area (Å²) in [6, 6.07) is 1.35. The van der Waals surface area contributed by atoms with Gasteiger partial charge < -0.3 is 39.7 Å². The minimum Gasteiger partial charge on any atom is -0.386 e. The van der Waals surface area contributed by atoms with E-state index in [4.69, 9.17) is 25.2 Å². The number of aromatic amines is 1. The van der Waals surface area contributed by atoms with Crippen molar-refractivity contribution in [3.05, 3.63) is 22.6 Å². The summed E-state index contributed by atoms with van der Waals surface area (Å²) in [5.41, 5.74) is 4.95. The SMILES string of the molecule is Nc1nc2c(ccn2[C@@H]2OC[C@H](OP(=O)(O)OP(=O)(O)OP(=O)(O)O)[C@H]2O)c(=O)[nH]1. The lowest BCUT2D eigenvalue weighted by Gasteiger charge is -2.22. The van der Waals surface area contributed by atoms with Crippen LogP contribution in [0, 0.1) is 0 Å². The molecule has 0 radical (unpaired) electrons. The number of nitrogens with one attached hydrogen (secondary N) is 1. The number of ether oxygens (including phenoxy) is 1. The normalized spacial score (nSPS) is 26.5. The van der Waals surface area contributed by atoms with Gasteiger partial charge in [0.25, 0.3) is 5.56 Å². The Labute approximate surface area is 165 Å². The van der Waals surface area contributed by atoms with Crippen LogP contribution < -0.4 is 11.3 Å². The summed E-state index contributed by atoms with van der Waals surface area (Å²) in [6.07, 6.45) is -3.22. The molecule has 1 aliphatic rings. The number of hydrogen-bond acceptors (Lipinski definition) is 11. The average Bonchev–Trinajstić information content (AvgIpc) is 3.07. The number of phosphoric acid groups is 3. The number of rotatable bonds is 7. The van der Waals surface area contributed by atoms with E-state index in [-0.39, 0.29) is 17.0 Å². The van der Waals surface area contributed by atoms with E-state index < -0.39 is 54.1 Å². The minimum absolute atomic E-state index is 0.0271. The van der Waals surface area contributed by atoms with Crippen LogP contribution in [0.25, 0.3) is 11.0 Å². The molecule has 0 saturated carbocycles. The van der Waals surface area contributed by atoms with Crippen LogP contribution in [-0.2, 0) is 31.6 Å². The summed E-state index contributed by atoms with van der Waals surface area (Å²) in [5.74, 6) is -0.218. The van der Waals surface area contributed by atoms with Gasteiger partial charge in [0.05, 0.1) is 12.0 Å². The Hall–Kier alpha value is -1.45. The zero-order chi connectivity index (χ0) is 22.5. The molecule has 1 fully saturated rings. The zero-order valence-corrected chi connectivity index (χ0v) is 17.1. The van der Waals surface area contributed by atoms with Crippen LogP contribution in [0.4, 0.5) is 5.95 Å². The number of fused-ring (bicyclic) bond motifs is 1. The quantitative estimate of drug-likeness (QED) is 0.226. The van der Waals surface area contributed by atoms with Gasteiger partial charge in [0.2, 0.25) is 5.95 Å². The Kier molecular flexibility index (Phi) is 6.12. The van der Waals surface area contributed by atoms with Gasteiger partial charge >= 0.3 is 23.5 Å². The van der Waals surface area contributed by atoms with Crippen LogP contribution in [0.1, 0.15) is 6.23 Å². The third-order valence-electron chi connectivity index (χ3n) is 3.66. The lowest BCUT2D eigenvalue weighted by molar-refractivity contribution is -0.0158. The smallest absolute Gasteiger partial charge is 0.386 e. The van der Waals surface area contributed by atoms with Crippen molar-refractivity contribution in [1.29, 1.82) is 0 Å². The number of phosphoric ester groups is 1. The van der Waals surface area contributed by atoms with Gasteiger partial charge in [-0.05, 0) is 6.07 Å². The molecule has 1 saturated heterocycles. The third-order valence-corrected chi connectivity index (χ3v) is 7.53. The molecule has 0 spiro atoms. The van der Waals surface area contributed by atoms with Crippen molar-refractivity contribution in [2.75, 3.05) is 12.3 Å². The molecule has 5 atom stereocenters. The van der Waals surface area contributed by atoms with Crippen molar-refractivity contribution >= 4 is 40.4 Å².